The Bertz CT molecular complexity index is 2400. The Kier molecular flexibility index (Phi) is 9.85. The molecule has 1 fully saturated rings. The van der Waals surface area contributed by atoms with Gasteiger partial charge in [0, 0.05) is 55.4 Å². The lowest BCUT2D eigenvalue weighted by Gasteiger charge is -2.26. The van der Waals surface area contributed by atoms with Crippen LogP contribution in [0.2, 0.25) is 10.0 Å². The molecular weight excluding hydrogens is 732 g/mol. The maximum atomic E-state index is 14.0. The number of rotatable bonds is 9. The molecule has 1 N–H and O–H groups in total. The normalized spacial score (nSPS) is 17.4. The van der Waals surface area contributed by atoms with Crippen LogP contribution in [0.1, 0.15) is 48.5 Å². The summed E-state index contributed by atoms with van der Waals surface area (Å²) in [6, 6.07) is 13.2. The third kappa shape index (κ3) is 6.59. The number of ether oxygens (including phenoxy) is 1. The molecule has 1 aliphatic heterocycles. The van der Waals surface area contributed by atoms with E-state index in [2.05, 4.69) is 15.2 Å². The van der Waals surface area contributed by atoms with E-state index >= 15 is 0 Å². The van der Waals surface area contributed by atoms with Gasteiger partial charge in [-0.2, -0.15) is 13.2 Å². The number of hydrogen-bond donors (Lipinski definition) is 1. The minimum Gasteiger partial charge on any atom is -0.481 e. The molecule has 0 amide bonds. The van der Waals surface area contributed by atoms with Crippen LogP contribution in [-0.4, -0.2) is 50.5 Å². The molecule has 1 unspecified atom stereocenters. The largest absolute Gasteiger partial charge is 0.481 e. The second-order valence-corrected chi connectivity index (χ2v) is 14.2. The number of fused-ring (bicyclic) bond motifs is 2. The van der Waals surface area contributed by atoms with Gasteiger partial charge < -0.3 is 14.8 Å². The quantitative estimate of drug-likeness (QED) is 0.152. The maximum Gasteiger partial charge on any atom is 0.433 e. The van der Waals surface area contributed by atoms with Crippen LogP contribution in [0.3, 0.4) is 0 Å². The van der Waals surface area contributed by atoms with Crippen molar-refractivity contribution in [1.82, 2.24) is 24.0 Å². The van der Waals surface area contributed by atoms with Crippen LogP contribution in [-0.2, 0) is 31.5 Å². The van der Waals surface area contributed by atoms with E-state index in [1.54, 1.807) is 25.3 Å². The predicted octanol–water partition coefficient (Wildman–Crippen LogP) is 7.73. The molecule has 0 radical (unpaired) electrons. The highest BCUT2D eigenvalue weighted by molar-refractivity contribution is 6.39. The highest BCUT2D eigenvalue weighted by atomic mass is 35.5. The molecular formula is C38H35Cl2F3N6O4. The van der Waals surface area contributed by atoms with Crippen LogP contribution in [0.15, 0.2) is 58.1 Å². The van der Waals surface area contributed by atoms with Gasteiger partial charge in [-0.3, -0.25) is 18.8 Å². The van der Waals surface area contributed by atoms with Crippen molar-refractivity contribution < 1.29 is 22.7 Å². The van der Waals surface area contributed by atoms with E-state index in [9.17, 15) is 27.6 Å². The summed E-state index contributed by atoms with van der Waals surface area (Å²) in [7, 11) is 4.12. The van der Waals surface area contributed by atoms with Crippen molar-refractivity contribution in [3.63, 3.8) is 0 Å². The van der Waals surface area contributed by atoms with Crippen molar-refractivity contribution in [2.45, 2.75) is 44.3 Å². The van der Waals surface area contributed by atoms with Crippen molar-refractivity contribution in [2.24, 2.45) is 20.0 Å². The zero-order valence-electron chi connectivity index (χ0n) is 29.1. The topological polar surface area (TPSA) is 111 Å². The van der Waals surface area contributed by atoms with Crippen LogP contribution in [0, 0.1) is 5.92 Å². The van der Waals surface area contributed by atoms with Crippen LogP contribution in [0.4, 0.5) is 24.7 Å². The van der Waals surface area contributed by atoms with Crippen LogP contribution in [0.5, 0.6) is 5.88 Å². The number of carbonyl (C=O) groups excluding carboxylic acids is 1. The predicted molar refractivity (Wildman–Crippen MR) is 198 cm³/mol. The Morgan fingerprint density at radius 2 is 1.70 bits per heavy atom. The number of nitrogens with zero attached hydrogens (tertiary/aromatic N) is 5. The van der Waals surface area contributed by atoms with Gasteiger partial charge in [-0.25, -0.2) is 14.8 Å². The minimum atomic E-state index is -4.87. The second kappa shape index (κ2) is 14.3. The third-order valence-electron chi connectivity index (χ3n) is 10.3. The van der Waals surface area contributed by atoms with Gasteiger partial charge in [-0.15, -0.1) is 0 Å². The summed E-state index contributed by atoms with van der Waals surface area (Å²) < 4.78 is 49.5. The first-order chi connectivity index (χ1) is 25.3. The van der Waals surface area contributed by atoms with Gasteiger partial charge in [0.1, 0.15) is 23.2 Å². The lowest BCUT2D eigenvalue weighted by molar-refractivity contribution is -0.141. The molecule has 0 bridgehead atoms. The highest BCUT2D eigenvalue weighted by Gasteiger charge is 2.37. The van der Waals surface area contributed by atoms with Gasteiger partial charge in [-0.05, 0) is 61.9 Å². The summed E-state index contributed by atoms with van der Waals surface area (Å²) in [6.45, 7) is 1.89. The van der Waals surface area contributed by atoms with Crippen molar-refractivity contribution >= 4 is 51.9 Å². The van der Waals surface area contributed by atoms with E-state index in [0.717, 1.165) is 65.3 Å². The maximum absolute atomic E-state index is 14.0. The van der Waals surface area contributed by atoms with E-state index in [-0.39, 0.29) is 27.7 Å². The number of aryl methyl sites for hydroxylation is 2. The molecule has 0 saturated carbocycles. The molecule has 1 saturated heterocycles. The number of carbonyl (C=O) groups is 1. The SMILES string of the molecule is COc1nc(-c2cccc(-c3cccc(Nc4nc(C(F)(F)F)cc5c4c(=O)n(C)c(=O)n5C)c3Cl)c2Cl)cc2c1[C@@H](N1CCC(CCC=O)C1)CC2. The van der Waals surface area contributed by atoms with Gasteiger partial charge >= 0.3 is 11.9 Å². The first-order valence-corrected chi connectivity index (χ1v) is 17.9. The molecule has 276 valence electrons. The zero-order chi connectivity index (χ0) is 37.8. The Morgan fingerprint density at radius 3 is 2.42 bits per heavy atom. The lowest BCUT2D eigenvalue weighted by atomic mass is 9.99. The molecule has 1 aliphatic carbocycles. The number of aldehydes is 1. The highest BCUT2D eigenvalue weighted by Crippen LogP contribution is 2.47. The summed E-state index contributed by atoms with van der Waals surface area (Å²) in [5.41, 5.74) is 1.47. The van der Waals surface area contributed by atoms with Gasteiger partial charge in [0.25, 0.3) is 5.56 Å². The number of nitrogens with one attached hydrogen (secondary N) is 1. The summed E-state index contributed by atoms with van der Waals surface area (Å²) in [4.78, 5) is 47.9. The molecule has 15 heteroatoms. The van der Waals surface area contributed by atoms with E-state index in [4.69, 9.17) is 32.9 Å². The van der Waals surface area contributed by atoms with Crippen LogP contribution >= 0.6 is 23.2 Å². The number of halogens is 5. The molecule has 3 aromatic heterocycles. The van der Waals surface area contributed by atoms with Crippen molar-refractivity contribution in [1.29, 1.82) is 0 Å². The van der Waals surface area contributed by atoms with Gasteiger partial charge in [-0.1, -0.05) is 53.5 Å². The monoisotopic (exact) mass is 766 g/mol. The molecule has 7 rings (SSSR count). The van der Waals surface area contributed by atoms with Crippen molar-refractivity contribution in [2.75, 3.05) is 25.5 Å². The average Bonchev–Trinajstić information content (AvgIpc) is 3.79. The number of benzene rings is 2. The standard InChI is InChI=1S/C38H35Cl2F3N6O4/c1-47-28-18-29(38(41,42)43)46-34(31(28)36(51)48(2)37(47)52)44-25-11-5-9-23(33(25)40)22-8-4-10-24(32(22)39)26-17-21-12-13-27(30(21)35(45-26)53-3)49-15-14-20(19-49)7-6-16-50/h4-5,8-11,16-18,20,27H,6-7,12-15,19H2,1-3H3,(H,44,46)/t20?,27-/m0/s1. The van der Waals surface area contributed by atoms with Gasteiger partial charge in [0.05, 0.1) is 34.1 Å². The number of likely N-dealkylation sites (tertiary alicyclic amines) is 1. The summed E-state index contributed by atoms with van der Waals surface area (Å²) in [5, 5.41) is 3.08. The summed E-state index contributed by atoms with van der Waals surface area (Å²) in [5.74, 6) is 0.613. The molecule has 2 atom stereocenters. The minimum absolute atomic E-state index is 0.111. The van der Waals surface area contributed by atoms with E-state index in [1.807, 2.05) is 18.2 Å². The number of pyridine rings is 2. The lowest BCUT2D eigenvalue weighted by Crippen LogP contribution is -2.37. The molecule has 4 heterocycles. The average molecular weight is 768 g/mol. The fourth-order valence-corrected chi connectivity index (χ4v) is 8.25. The Hall–Kier alpha value is -4.72. The first kappa shape index (κ1) is 36.6. The zero-order valence-corrected chi connectivity index (χ0v) is 30.6. The number of alkyl halides is 3. The van der Waals surface area contributed by atoms with E-state index in [1.165, 1.54) is 20.2 Å². The van der Waals surface area contributed by atoms with E-state index < -0.39 is 28.9 Å². The Balaban J connectivity index is 1.25. The van der Waals surface area contributed by atoms with Crippen molar-refractivity contribution in [3.05, 3.63) is 96.2 Å². The second-order valence-electron chi connectivity index (χ2n) is 13.5. The van der Waals surface area contributed by atoms with Gasteiger partial charge in [0.15, 0.2) is 0 Å². The molecule has 10 nitrogen and oxygen atoms in total. The van der Waals surface area contributed by atoms with Crippen molar-refractivity contribution in [3.8, 4) is 28.3 Å². The smallest absolute Gasteiger partial charge is 0.433 e. The van der Waals surface area contributed by atoms with Gasteiger partial charge in [0.2, 0.25) is 5.88 Å². The van der Waals surface area contributed by atoms with Crippen LogP contribution < -0.4 is 21.3 Å². The third-order valence-corrected chi connectivity index (χ3v) is 11.1. The molecule has 0 spiro atoms. The molecule has 53 heavy (non-hydrogen) atoms. The first-order valence-electron chi connectivity index (χ1n) is 17.1. The summed E-state index contributed by atoms with van der Waals surface area (Å²) >= 11 is 14.1. The Labute approximate surface area is 312 Å². The van der Waals surface area contributed by atoms with Crippen LogP contribution in [0.25, 0.3) is 33.3 Å². The number of aromatic nitrogens is 4. The summed E-state index contributed by atoms with van der Waals surface area (Å²) in [6.07, 6.45) is 0.417. The number of anilines is 2. The van der Waals surface area contributed by atoms with E-state index in [0.29, 0.717) is 51.7 Å². The Morgan fingerprint density at radius 1 is 0.981 bits per heavy atom. The number of hydrogen-bond acceptors (Lipinski definition) is 8. The fraction of sp³-hybridized carbons (Fsp3) is 0.342. The molecule has 2 aliphatic rings. The fourth-order valence-electron chi connectivity index (χ4n) is 7.65. The number of methoxy groups -OCH3 is 1. The molecule has 5 aromatic rings. The molecule has 2 aromatic carbocycles.